The van der Waals surface area contributed by atoms with Gasteiger partial charge in [-0.2, -0.15) is 5.10 Å². The molecule has 0 spiro atoms. The van der Waals surface area contributed by atoms with Crippen LogP contribution in [0.15, 0.2) is 42.7 Å². The molecule has 3 rings (SSSR count). The van der Waals surface area contributed by atoms with Crippen LogP contribution in [0.5, 0.6) is 0 Å². The Labute approximate surface area is 165 Å². The number of benzene rings is 1. The molecule has 2 amide bonds. The van der Waals surface area contributed by atoms with Crippen LogP contribution in [-0.4, -0.2) is 89.8 Å². The Hall–Kier alpha value is -2.71. The summed E-state index contributed by atoms with van der Waals surface area (Å²) in [5, 5.41) is 4.38. The van der Waals surface area contributed by atoms with E-state index in [2.05, 4.69) is 10.00 Å². The number of para-hydroxylation sites is 1. The summed E-state index contributed by atoms with van der Waals surface area (Å²) in [6, 6.07) is 9.31. The van der Waals surface area contributed by atoms with Crippen LogP contribution in [0.4, 0.5) is 0 Å². The van der Waals surface area contributed by atoms with Gasteiger partial charge in [0.25, 0.3) is 0 Å². The molecular formula is C20H27N5O3. The zero-order valence-electron chi connectivity index (χ0n) is 16.6. The Morgan fingerprint density at radius 2 is 2.00 bits per heavy atom. The molecule has 1 aliphatic rings. The molecule has 0 radical (unpaired) electrons. The zero-order chi connectivity index (χ0) is 20.1. The van der Waals surface area contributed by atoms with E-state index in [1.807, 2.05) is 43.6 Å². The predicted molar refractivity (Wildman–Crippen MR) is 105 cm³/mol. The quantitative estimate of drug-likeness (QED) is 0.729. The number of methoxy groups -OCH3 is 1. The molecule has 28 heavy (non-hydrogen) atoms. The van der Waals surface area contributed by atoms with Crippen molar-refractivity contribution in [2.24, 2.45) is 0 Å². The second kappa shape index (κ2) is 8.99. The molecule has 0 unspecified atom stereocenters. The lowest BCUT2D eigenvalue weighted by Gasteiger charge is -2.40. The van der Waals surface area contributed by atoms with E-state index in [0.29, 0.717) is 19.6 Å². The van der Waals surface area contributed by atoms with Gasteiger partial charge in [0.2, 0.25) is 11.8 Å². The van der Waals surface area contributed by atoms with Gasteiger partial charge in [-0.25, -0.2) is 4.68 Å². The lowest BCUT2D eigenvalue weighted by molar-refractivity contribution is -0.150. The standard InChI is InChI=1S/C20H27N5O3/c1-22-9-10-24(19(26)15-28-3)18(14-22)20(27)23(2)12-16-11-21-25(13-16)17-7-5-4-6-8-17/h4-8,11,13,18H,9-10,12,14-15H2,1-3H3/t18-/m0/s1. The number of carbonyl (C=O) groups is 2. The van der Waals surface area contributed by atoms with Crippen LogP contribution in [0.2, 0.25) is 0 Å². The molecule has 1 atom stereocenters. The molecule has 0 bridgehead atoms. The van der Waals surface area contributed by atoms with Crippen molar-refractivity contribution < 1.29 is 14.3 Å². The van der Waals surface area contributed by atoms with Gasteiger partial charge in [0.05, 0.1) is 11.9 Å². The Kier molecular flexibility index (Phi) is 6.43. The van der Waals surface area contributed by atoms with E-state index >= 15 is 0 Å². The Morgan fingerprint density at radius 3 is 2.71 bits per heavy atom. The van der Waals surface area contributed by atoms with Gasteiger partial charge in [-0.15, -0.1) is 0 Å². The summed E-state index contributed by atoms with van der Waals surface area (Å²) in [6.07, 6.45) is 3.68. The topological polar surface area (TPSA) is 70.9 Å². The SMILES string of the molecule is COCC(=O)N1CCN(C)C[C@H]1C(=O)N(C)Cc1cnn(-c2ccccc2)c1. The fraction of sp³-hybridized carbons (Fsp3) is 0.450. The Bertz CT molecular complexity index is 807. The van der Waals surface area contributed by atoms with Crippen LogP contribution in [-0.2, 0) is 20.9 Å². The minimum atomic E-state index is -0.504. The second-order valence-corrected chi connectivity index (χ2v) is 7.12. The molecule has 0 saturated carbocycles. The minimum Gasteiger partial charge on any atom is -0.375 e. The maximum Gasteiger partial charge on any atom is 0.249 e. The molecule has 2 aromatic rings. The number of likely N-dealkylation sites (N-methyl/N-ethyl adjacent to an activating group) is 2. The van der Waals surface area contributed by atoms with E-state index < -0.39 is 6.04 Å². The summed E-state index contributed by atoms with van der Waals surface area (Å²) in [7, 11) is 5.21. The third-order valence-electron chi connectivity index (χ3n) is 4.91. The van der Waals surface area contributed by atoms with E-state index in [9.17, 15) is 9.59 Å². The van der Waals surface area contributed by atoms with Crippen LogP contribution in [0.1, 0.15) is 5.56 Å². The Balaban J connectivity index is 1.69. The fourth-order valence-corrected chi connectivity index (χ4v) is 3.41. The van der Waals surface area contributed by atoms with Gasteiger partial charge in [-0.3, -0.25) is 9.59 Å². The number of hydrogen-bond donors (Lipinski definition) is 0. The first-order valence-corrected chi connectivity index (χ1v) is 9.30. The van der Waals surface area contributed by atoms with Crippen molar-refractivity contribution in [3.8, 4) is 5.69 Å². The van der Waals surface area contributed by atoms with Crippen LogP contribution in [0, 0.1) is 0 Å². The van der Waals surface area contributed by atoms with Crippen molar-refractivity contribution in [2.75, 3.05) is 47.4 Å². The monoisotopic (exact) mass is 385 g/mol. The van der Waals surface area contributed by atoms with Crippen LogP contribution < -0.4 is 0 Å². The van der Waals surface area contributed by atoms with E-state index in [0.717, 1.165) is 17.8 Å². The molecule has 1 aromatic carbocycles. The molecule has 150 valence electrons. The molecule has 1 saturated heterocycles. The minimum absolute atomic E-state index is 0.0128. The maximum absolute atomic E-state index is 13.1. The molecule has 1 aliphatic heterocycles. The van der Waals surface area contributed by atoms with Gasteiger partial charge in [-0.1, -0.05) is 18.2 Å². The summed E-state index contributed by atoms with van der Waals surface area (Å²) < 4.78 is 6.76. The smallest absolute Gasteiger partial charge is 0.249 e. The molecular weight excluding hydrogens is 358 g/mol. The number of amides is 2. The summed E-state index contributed by atoms with van der Waals surface area (Å²) in [5.74, 6) is -0.234. The first kappa shape index (κ1) is 20.0. The summed E-state index contributed by atoms with van der Waals surface area (Å²) in [4.78, 5) is 30.8. The number of ether oxygens (including phenoxy) is 1. The van der Waals surface area contributed by atoms with Crippen molar-refractivity contribution in [3.63, 3.8) is 0 Å². The molecule has 0 N–H and O–H groups in total. The van der Waals surface area contributed by atoms with E-state index in [1.165, 1.54) is 7.11 Å². The van der Waals surface area contributed by atoms with Gasteiger partial charge in [0.1, 0.15) is 12.6 Å². The van der Waals surface area contributed by atoms with Crippen LogP contribution in [0.3, 0.4) is 0 Å². The normalized spacial score (nSPS) is 17.5. The largest absolute Gasteiger partial charge is 0.375 e. The first-order chi connectivity index (χ1) is 13.5. The van der Waals surface area contributed by atoms with Crippen molar-refractivity contribution in [1.82, 2.24) is 24.5 Å². The highest BCUT2D eigenvalue weighted by Gasteiger charge is 2.35. The highest BCUT2D eigenvalue weighted by atomic mass is 16.5. The van der Waals surface area contributed by atoms with E-state index in [4.69, 9.17) is 4.74 Å². The van der Waals surface area contributed by atoms with E-state index in [1.54, 1.807) is 27.7 Å². The lowest BCUT2D eigenvalue weighted by Crippen LogP contribution is -2.60. The molecule has 2 heterocycles. The summed E-state index contributed by atoms with van der Waals surface area (Å²) in [5.41, 5.74) is 1.90. The number of piperazine rings is 1. The molecule has 1 aromatic heterocycles. The van der Waals surface area contributed by atoms with Gasteiger partial charge in [0, 0.05) is 52.1 Å². The van der Waals surface area contributed by atoms with Gasteiger partial charge in [-0.05, 0) is 19.2 Å². The number of hydrogen-bond acceptors (Lipinski definition) is 5. The third-order valence-corrected chi connectivity index (χ3v) is 4.91. The third kappa shape index (κ3) is 4.58. The number of carbonyl (C=O) groups excluding carboxylic acids is 2. The highest BCUT2D eigenvalue weighted by molar-refractivity contribution is 5.88. The molecule has 8 nitrogen and oxygen atoms in total. The maximum atomic E-state index is 13.1. The highest BCUT2D eigenvalue weighted by Crippen LogP contribution is 2.14. The summed E-state index contributed by atoms with van der Waals surface area (Å²) in [6.45, 7) is 2.20. The number of aromatic nitrogens is 2. The van der Waals surface area contributed by atoms with Crippen molar-refractivity contribution in [1.29, 1.82) is 0 Å². The molecule has 1 fully saturated rings. The summed E-state index contributed by atoms with van der Waals surface area (Å²) >= 11 is 0. The van der Waals surface area contributed by atoms with E-state index in [-0.39, 0.29) is 18.4 Å². The fourth-order valence-electron chi connectivity index (χ4n) is 3.41. The van der Waals surface area contributed by atoms with Crippen LogP contribution >= 0.6 is 0 Å². The van der Waals surface area contributed by atoms with Crippen molar-refractivity contribution in [3.05, 3.63) is 48.3 Å². The predicted octanol–water partition coefficient (Wildman–Crippen LogP) is 0.620. The molecule has 0 aliphatic carbocycles. The Morgan fingerprint density at radius 1 is 1.25 bits per heavy atom. The first-order valence-electron chi connectivity index (χ1n) is 9.30. The number of nitrogens with zero attached hydrogens (tertiary/aromatic N) is 5. The van der Waals surface area contributed by atoms with Gasteiger partial charge >= 0.3 is 0 Å². The lowest BCUT2D eigenvalue weighted by atomic mass is 10.1. The van der Waals surface area contributed by atoms with Gasteiger partial charge < -0.3 is 19.4 Å². The zero-order valence-corrected chi connectivity index (χ0v) is 16.6. The van der Waals surface area contributed by atoms with Crippen LogP contribution in [0.25, 0.3) is 5.69 Å². The average molecular weight is 385 g/mol. The van der Waals surface area contributed by atoms with Crippen molar-refractivity contribution in [2.45, 2.75) is 12.6 Å². The second-order valence-electron chi connectivity index (χ2n) is 7.12. The average Bonchev–Trinajstić information content (AvgIpc) is 3.16. The number of rotatable bonds is 6. The molecule has 8 heteroatoms. The van der Waals surface area contributed by atoms with Gasteiger partial charge in [0.15, 0.2) is 0 Å². The van der Waals surface area contributed by atoms with Crippen molar-refractivity contribution >= 4 is 11.8 Å².